The van der Waals surface area contributed by atoms with Gasteiger partial charge < -0.3 is 25.6 Å². The smallest absolute Gasteiger partial charge is 0.323 e. The van der Waals surface area contributed by atoms with E-state index in [0.717, 1.165) is 31.5 Å². The standard InChI is InChI=1S/C18H27N5O2/c1-20-16(13-5-6-17(25-4)15(19)11-13)12-22(2)18(24)23(3)14-7-9-21-10-8-14/h5-6,11-12,14,21H,1,7-10,19H2,2-4H3/b16-12-. The van der Waals surface area contributed by atoms with Crippen LogP contribution in [0.25, 0.3) is 5.70 Å². The molecule has 0 atom stereocenters. The molecule has 25 heavy (non-hydrogen) atoms. The van der Waals surface area contributed by atoms with E-state index < -0.39 is 0 Å². The summed E-state index contributed by atoms with van der Waals surface area (Å²) in [5.74, 6) is 0.599. The van der Waals surface area contributed by atoms with Gasteiger partial charge in [-0.1, -0.05) is 0 Å². The van der Waals surface area contributed by atoms with Gasteiger partial charge in [0.15, 0.2) is 0 Å². The number of anilines is 1. The lowest BCUT2D eigenvalue weighted by Gasteiger charge is -2.33. The van der Waals surface area contributed by atoms with E-state index >= 15 is 0 Å². The van der Waals surface area contributed by atoms with Crippen molar-refractivity contribution in [2.24, 2.45) is 4.99 Å². The number of nitrogens with two attached hydrogens (primary N) is 1. The molecule has 1 aliphatic rings. The molecule has 1 fully saturated rings. The Balaban J connectivity index is 2.15. The molecule has 1 aliphatic heterocycles. The van der Waals surface area contributed by atoms with Gasteiger partial charge in [-0.3, -0.25) is 4.99 Å². The first-order chi connectivity index (χ1) is 12.0. The fourth-order valence-corrected chi connectivity index (χ4v) is 2.94. The van der Waals surface area contributed by atoms with Gasteiger partial charge in [-0.25, -0.2) is 4.79 Å². The number of carbonyl (C=O) groups excluding carboxylic acids is 1. The molecule has 1 aromatic rings. The molecule has 0 aliphatic carbocycles. The molecule has 1 saturated heterocycles. The van der Waals surface area contributed by atoms with E-state index in [2.05, 4.69) is 17.0 Å². The summed E-state index contributed by atoms with van der Waals surface area (Å²) in [7, 11) is 5.13. The summed E-state index contributed by atoms with van der Waals surface area (Å²) >= 11 is 0. The molecule has 1 aromatic carbocycles. The first-order valence-corrected chi connectivity index (χ1v) is 8.30. The lowest BCUT2D eigenvalue weighted by atomic mass is 10.1. The Morgan fingerprint density at radius 1 is 1.40 bits per heavy atom. The van der Waals surface area contributed by atoms with Crippen LogP contribution in [0.2, 0.25) is 0 Å². The van der Waals surface area contributed by atoms with Gasteiger partial charge in [-0.15, -0.1) is 0 Å². The molecule has 2 amide bonds. The molecule has 7 heteroatoms. The highest BCUT2D eigenvalue weighted by Gasteiger charge is 2.23. The maximum atomic E-state index is 12.7. The summed E-state index contributed by atoms with van der Waals surface area (Å²) < 4.78 is 5.16. The van der Waals surface area contributed by atoms with Crippen LogP contribution < -0.4 is 15.8 Å². The molecular weight excluding hydrogens is 318 g/mol. The van der Waals surface area contributed by atoms with Crippen LogP contribution in [0.15, 0.2) is 29.4 Å². The van der Waals surface area contributed by atoms with Crippen LogP contribution >= 0.6 is 0 Å². The third-order valence-corrected chi connectivity index (χ3v) is 4.47. The van der Waals surface area contributed by atoms with E-state index in [1.807, 2.05) is 13.1 Å². The summed E-state index contributed by atoms with van der Waals surface area (Å²) in [6, 6.07) is 5.54. The molecule has 136 valence electrons. The Morgan fingerprint density at radius 3 is 2.64 bits per heavy atom. The van der Waals surface area contributed by atoms with Gasteiger partial charge >= 0.3 is 6.03 Å². The van der Waals surface area contributed by atoms with Crippen molar-refractivity contribution in [2.75, 3.05) is 40.0 Å². The highest BCUT2D eigenvalue weighted by molar-refractivity contribution is 5.79. The predicted octanol–water partition coefficient (Wildman–Crippen LogP) is 2.01. The topological polar surface area (TPSA) is 83.2 Å². The third-order valence-electron chi connectivity index (χ3n) is 4.47. The number of urea groups is 1. The average molecular weight is 345 g/mol. The van der Waals surface area contributed by atoms with E-state index in [1.54, 1.807) is 37.4 Å². The molecule has 0 radical (unpaired) electrons. The monoisotopic (exact) mass is 345 g/mol. The fourth-order valence-electron chi connectivity index (χ4n) is 2.94. The summed E-state index contributed by atoms with van der Waals surface area (Å²) in [5, 5.41) is 3.31. The van der Waals surface area contributed by atoms with Crippen molar-refractivity contribution in [3.05, 3.63) is 30.0 Å². The first kappa shape index (κ1) is 18.8. The molecular formula is C18H27N5O2. The minimum absolute atomic E-state index is 0.0745. The summed E-state index contributed by atoms with van der Waals surface area (Å²) in [6.45, 7) is 5.48. The average Bonchev–Trinajstić information content (AvgIpc) is 2.65. The van der Waals surface area contributed by atoms with Gasteiger partial charge in [0.2, 0.25) is 0 Å². The van der Waals surface area contributed by atoms with Crippen molar-refractivity contribution in [3.8, 4) is 5.75 Å². The van der Waals surface area contributed by atoms with Crippen molar-refractivity contribution in [1.29, 1.82) is 0 Å². The largest absolute Gasteiger partial charge is 0.495 e. The third kappa shape index (κ3) is 4.51. The molecule has 0 saturated carbocycles. The maximum absolute atomic E-state index is 12.7. The second kappa shape index (κ2) is 8.53. The minimum atomic E-state index is -0.0745. The van der Waals surface area contributed by atoms with Crippen LogP contribution in [0.4, 0.5) is 10.5 Å². The number of hydrogen-bond donors (Lipinski definition) is 2. The van der Waals surface area contributed by atoms with Gasteiger partial charge in [-0.2, -0.15) is 0 Å². The molecule has 0 bridgehead atoms. The number of methoxy groups -OCH3 is 1. The second-order valence-corrected chi connectivity index (χ2v) is 6.11. The van der Waals surface area contributed by atoms with Crippen molar-refractivity contribution < 1.29 is 9.53 Å². The number of aliphatic imine (C=N–C) groups is 1. The number of nitrogens with zero attached hydrogens (tertiary/aromatic N) is 3. The van der Waals surface area contributed by atoms with Crippen LogP contribution in [-0.4, -0.2) is 62.9 Å². The Kier molecular flexibility index (Phi) is 6.41. The number of nitrogen functional groups attached to an aromatic ring is 1. The van der Waals surface area contributed by atoms with E-state index in [4.69, 9.17) is 10.5 Å². The SMILES string of the molecule is C=N/C(=C\N(C)C(=O)N(C)C1CCNCC1)c1ccc(OC)c(N)c1. The van der Waals surface area contributed by atoms with Crippen LogP contribution in [-0.2, 0) is 0 Å². The van der Waals surface area contributed by atoms with Crippen molar-refractivity contribution in [1.82, 2.24) is 15.1 Å². The zero-order chi connectivity index (χ0) is 18.4. The van der Waals surface area contributed by atoms with Gasteiger partial charge in [-0.05, 0) is 50.8 Å². The number of ether oxygens (including phenoxy) is 1. The van der Waals surface area contributed by atoms with Gasteiger partial charge in [0.25, 0.3) is 0 Å². The number of amides is 2. The zero-order valence-corrected chi connectivity index (χ0v) is 15.2. The minimum Gasteiger partial charge on any atom is -0.495 e. The van der Waals surface area contributed by atoms with Crippen molar-refractivity contribution >= 4 is 24.1 Å². The Labute approximate surface area is 149 Å². The van der Waals surface area contributed by atoms with E-state index in [1.165, 1.54) is 4.90 Å². The van der Waals surface area contributed by atoms with Crippen LogP contribution in [0.5, 0.6) is 5.75 Å². The summed E-state index contributed by atoms with van der Waals surface area (Å²) in [5.41, 5.74) is 7.81. The molecule has 1 heterocycles. The number of benzene rings is 1. The quantitative estimate of drug-likeness (QED) is 0.632. The van der Waals surface area contributed by atoms with E-state index in [0.29, 0.717) is 17.1 Å². The van der Waals surface area contributed by atoms with Crippen molar-refractivity contribution in [3.63, 3.8) is 0 Å². The molecule has 0 spiro atoms. The summed E-state index contributed by atoms with van der Waals surface area (Å²) in [4.78, 5) is 20.0. The molecule has 0 unspecified atom stereocenters. The molecule has 0 aromatic heterocycles. The number of hydrogen-bond acceptors (Lipinski definition) is 5. The van der Waals surface area contributed by atoms with Crippen LogP contribution in [0, 0.1) is 0 Å². The second-order valence-electron chi connectivity index (χ2n) is 6.11. The fraction of sp³-hybridized carbons (Fsp3) is 0.444. The van der Waals surface area contributed by atoms with Crippen LogP contribution in [0.3, 0.4) is 0 Å². The molecule has 2 rings (SSSR count). The number of carbonyl (C=O) groups is 1. The number of nitrogens with one attached hydrogen (secondary N) is 1. The Hall–Kier alpha value is -2.54. The van der Waals surface area contributed by atoms with Crippen LogP contribution in [0.1, 0.15) is 18.4 Å². The highest BCUT2D eigenvalue weighted by atomic mass is 16.5. The predicted molar refractivity (Wildman–Crippen MR) is 102 cm³/mol. The van der Waals surface area contributed by atoms with E-state index in [9.17, 15) is 4.79 Å². The molecule has 3 N–H and O–H groups in total. The summed E-state index contributed by atoms with van der Waals surface area (Å²) in [6.07, 6.45) is 3.59. The Morgan fingerprint density at radius 2 is 2.08 bits per heavy atom. The highest BCUT2D eigenvalue weighted by Crippen LogP contribution is 2.26. The Bertz CT molecular complexity index is 653. The molecule has 7 nitrogen and oxygen atoms in total. The maximum Gasteiger partial charge on any atom is 0.323 e. The lowest BCUT2D eigenvalue weighted by Crippen LogP contribution is -2.47. The number of piperidine rings is 1. The van der Waals surface area contributed by atoms with E-state index in [-0.39, 0.29) is 12.1 Å². The van der Waals surface area contributed by atoms with Gasteiger partial charge in [0.1, 0.15) is 5.75 Å². The zero-order valence-electron chi connectivity index (χ0n) is 15.2. The van der Waals surface area contributed by atoms with Gasteiger partial charge in [0, 0.05) is 31.9 Å². The normalized spacial score (nSPS) is 15.6. The lowest BCUT2D eigenvalue weighted by molar-refractivity contribution is 0.157. The van der Waals surface area contributed by atoms with Crippen molar-refractivity contribution in [2.45, 2.75) is 18.9 Å². The first-order valence-electron chi connectivity index (χ1n) is 8.30. The number of rotatable bonds is 5. The van der Waals surface area contributed by atoms with Gasteiger partial charge in [0.05, 0.1) is 18.5 Å².